The van der Waals surface area contributed by atoms with E-state index < -0.39 is 0 Å². The number of nitrogens with two attached hydrogens (primary N) is 1. The zero-order chi connectivity index (χ0) is 14.4. The molecule has 1 amide bonds. The average Bonchev–Trinajstić information content (AvgIpc) is 3.07. The zero-order valence-corrected chi connectivity index (χ0v) is 12.3. The third-order valence-corrected chi connectivity index (χ3v) is 5.19. The SMILES string of the molecule is Nc1c(C(=O)NC2CCN3CCCC3C2)n[nH]c1C1CC1. The number of aromatic amines is 1. The lowest BCUT2D eigenvalue weighted by atomic mass is 9.97. The molecule has 114 valence electrons. The normalized spacial score (nSPS) is 29.3. The number of rotatable bonds is 3. The van der Waals surface area contributed by atoms with Gasteiger partial charge in [-0.05, 0) is 45.1 Å². The smallest absolute Gasteiger partial charge is 0.274 e. The molecule has 2 unspecified atom stereocenters. The lowest BCUT2D eigenvalue weighted by Gasteiger charge is -2.35. The van der Waals surface area contributed by atoms with Gasteiger partial charge >= 0.3 is 0 Å². The van der Waals surface area contributed by atoms with Crippen molar-refractivity contribution in [3.8, 4) is 0 Å². The molecule has 6 heteroatoms. The van der Waals surface area contributed by atoms with E-state index in [4.69, 9.17) is 5.73 Å². The standard InChI is InChI=1S/C15H23N5O/c16-12-13(9-3-4-9)18-19-14(12)15(21)17-10-5-7-20-6-1-2-11(20)8-10/h9-11H,1-8,16H2,(H,17,21)(H,18,19). The Labute approximate surface area is 124 Å². The lowest BCUT2D eigenvalue weighted by molar-refractivity contribution is 0.0892. The van der Waals surface area contributed by atoms with Gasteiger partial charge in [-0.2, -0.15) is 5.10 Å². The van der Waals surface area contributed by atoms with Crippen LogP contribution >= 0.6 is 0 Å². The van der Waals surface area contributed by atoms with Gasteiger partial charge in [-0.3, -0.25) is 9.89 Å². The monoisotopic (exact) mass is 289 g/mol. The molecule has 2 atom stereocenters. The van der Waals surface area contributed by atoms with Gasteiger partial charge < -0.3 is 16.0 Å². The van der Waals surface area contributed by atoms with Crippen molar-refractivity contribution in [3.05, 3.63) is 11.4 Å². The van der Waals surface area contributed by atoms with E-state index in [2.05, 4.69) is 20.4 Å². The van der Waals surface area contributed by atoms with E-state index in [9.17, 15) is 4.79 Å². The van der Waals surface area contributed by atoms with Crippen molar-refractivity contribution in [2.45, 2.75) is 56.5 Å². The fourth-order valence-corrected chi connectivity index (χ4v) is 3.83. The Hall–Kier alpha value is -1.56. The number of hydrogen-bond acceptors (Lipinski definition) is 4. The number of amides is 1. The fourth-order valence-electron chi connectivity index (χ4n) is 3.83. The van der Waals surface area contributed by atoms with Crippen LogP contribution in [-0.4, -0.2) is 46.2 Å². The lowest BCUT2D eigenvalue weighted by Crippen LogP contribution is -2.47. The van der Waals surface area contributed by atoms with Crippen molar-refractivity contribution in [1.29, 1.82) is 0 Å². The molecule has 0 bridgehead atoms. The molecule has 1 aliphatic carbocycles. The summed E-state index contributed by atoms with van der Waals surface area (Å²) in [7, 11) is 0. The van der Waals surface area contributed by atoms with Crippen LogP contribution in [0.1, 0.15) is 60.6 Å². The molecule has 0 spiro atoms. The molecule has 1 saturated carbocycles. The Morgan fingerprint density at radius 1 is 1.29 bits per heavy atom. The molecule has 2 aliphatic heterocycles. The van der Waals surface area contributed by atoms with E-state index in [1.54, 1.807) is 0 Å². The summed E-state index contributed by atoms with van der Waals surface area (Å²) in [5.41, 5.74) is 7.95. The molecular weight excluding hydrogens is 266 g/mol. The minimum absolute atomic E-state index is 0.118. The minimum Gasteiger partial charge on any atom is -0.395 e. The Kier molecular flexibility index (Phi) is 3.14. The first kappa shape index (κ1) is 13.1. The largest absolute Gasteiger partial charge is 0.395 e. The number of carbonyl (C=O) groups excluding carboxylic acids is 1. The highest BCUT2D eigenvalue weighted by atomic mass is 16.2. The van der Waals surface area contributed by atoms with Crippen LogP contribution in [0.5, 0.6) is 0 Å². The van der Waals surface area contributed by atoms with Crippen LogP contribution in [0.2, 0.25) is 0 Å². The number of nitrogen functional groups attached to an aromatic ring is 1. The quantitative estimate of drug-likeness (QED) is 0.781. The highest BCUT2D eigenvalue weighted by Crippen LogP contribution is 2.42. The van der Waals surface area contributed by atoms with Gasteiger partial charge in [0.2, 0.25) is 0 Å². The highest BCUT2D eigenvalue weighted by molar-refractivity contribution is 5.97. The Balaban J connectivity index is 1.41. The highest BCUT2D eigenvalue weighted by Gasteiger charge is 2.34. The molecule has 1 aromatic heterocycles. The summed E-state index contributed by atoms with van der Waals surface area (Å²) in [6.07, 6.45) is 6.94. The maximum atomic E-state index is 12.4. The summed E-state index contributed by atoms with van der Waals surface area (Å²) in [5.74, 6) is 0.368. The number of nitrogens with one attached hydrogen (secondary N) is 2. The first-order valence-corrected chi connectivity index (χ1v) is 8.11. The molecule has 3 heterocycles. The summed E-state index contributed by atoms with van der Waals surface area (Å²) in [6.45, 7) is 2.32. The summed E-state index contributed by atoms with van der Waals surface area (Å²) in [4.78, 5) is 14.9. The minimum atomic E-state index is -0.118. The van der Waals surface area contributed by atoms with Crippen LogP contribution in [0.4, 0.5) is 5.69 Å². The van der Waals surface area contributed by atoms with Crippen molar-refractivity contribution in [2.24, 2.45) is 0 Å². The number of nitrogens with zero attached hydrogens (tertiary/aromatic N) is 2. The molecule has 1 aromatic rings. The van der Waals surface area contributed by atoms with E-state index in [1.807, 2.05) is 0 Å². The molecule has 4 N–H and O–H groups in total. The van der Waals surface area contributed by atoms with E-state index in [0.717, 1.165) is 37.9 Å². The Bertz CT molecular complexity index is 550. The third-order valence-electron chi connectivity index (χ3n) is 5.19. The van der Waals surface area contributed by atoms with Crippen LogP contribution in [-0.2, 0) is 0 Å². The zero-order valence-electron chi connectivity index (χ0n) is 12.3. The number of aromatic nitrogens is 2. The molecule has 21 heavy (non-hydrogen) atoms. The van der Waals surface area contributed by atoms with Gasteiger partial charge in [-0.15, -0.1) is 0 Å². The number of hydrogen-bond donors (Lipinski definition) is 3. The van der Waals surface area contributed by atoms with Crippen molar-refractivity contribution in [2.75, 3.05) is 18.8 Å². The maximum absolute atomic E-state index is 12.4. The van der Waals surface area contributed by atoms with Gasteiger partial charge in [-0.25, -0.2) is 0 Å². The molecule has 6 nitrogen and oxygen atoms in total. The second-order valence-electron chi connectivity index (χ2n) is 6.70. The van der Waals surface area contributed by atoms with Gasteiger partial charge in [0.25, 0.3) is 5.91 Å². The summed E-state index contributed by atoms with van der Waals surface area (Å²) in [6, 6.07) is 0.917. The second-order valence-corrected chi connectivity index (χ2v) is 6.70. The molecule has 2 saturated heterocycles. The number of H-pyrrole nitrogens is 1. The second kappa shape index (κ2) is 5.02. The van der Waals surface area contributed by atoms with E-state index in [1.165, 1.54) is 19.4 Å². The molecule has 3 fully saturated rings. The number of fused-ring (bicyclic) bond motifs is 1. The van der Waals surface area contributed by atoms with Crippen molar-refractivity contribution in [1.82, 2.24) is 20.4 Å². The van der Waals surface area contributed by atoms with Gasteiger partial charge in [0, 0.05) is 24.5 Å². The Morgan fingerprint density at radius 3 is 2.95 bits per heavy atom. The molecule has 0 aromatic carbocycles. The Morgan fingerprint density at radius 2 is 2.14 bits per heavy atom. The summed E-state index contributed by atoms with van der Waals surface area (Å²) < 4.78 is 0. The van der Waals surface area contributed by atoms with Crippen LogP contribution < -0.4 is 11.1 Å². The van der Waals surface area contributed by atoms with E-state index in [0.29, 0.717) is 23.3 Å². The van der Waals surface area contributed by atoms with Gasteiger partial charge in [0.05, 0.1) is 11.4 Å². The van der Waals surface area contributed by atoms with E-state index in [-0.39, 0.29) is 11.9 Å². The van der Waals surface area contributed by atoms with Crippen LogP contribution in [0.25, 0.3) is 0 Å². The predicted octanol–water partition coefficient (Wildman–Crippen LogP) is 1.23. The number of piperidine rings is 1. The maximum Gasteiger partial charge on any atom is 0.274 e. The first-order chi connectivity index (χ1) is 10.2. The molecular formula is C15H23N5O. The molecule has 0 radical (unpaired) electrons. The summed E-state index contributed by atoms with van der Waals surface area (Å²) >= 11 is 0. The van der Waals surface area contributed by atoms with Crippen LogP contribution in [0.15, 0.2) is 0 Å². The van der Waals surface area contributed by atoms with Crippen LogP contribution in [0.3, 0.4) is 0 Å². The van der Waals surface area contributed by atoms with E-state index >= 15 is 0 Å². The van der Waals surface area contributed by atoms with Crippen molar-refractivity contribution < 1.29 is 4.79 Å². The number of carbonyl (C=O) groups is 1. The van der Waals surface area contributed by atoms with Gasteiger partial charge in [-0.1, -0.05) is 0 Å². The summed E-state index contributed by atoms with van der Waals surface area (Å²) in [5, 5.41) is 10.2. The van der Waals surface area contributed by atoms with Crippen LogP contribution in [0, 0.1) is 0 Å². The third kappa shape index (κ3) is 2.41. The predicted molar refractivity (Wildman–Crippen MR) is 80.1 cm³/mol. The van der Waals surface area contributed by atoms with Gasteiger partial charge in [0.1, 0.15) is 0 Å². The average molecular weight is 289 g/mol. The van der Waals surface area contributed by atoms with Crippen molar-refractivity contribution in [3.63, 3.8) is 0 Å². The van der Waals surface area contributed by atoms with Crippen molar-refractivity contribution >= 4 is 11.6 Å². The van der Waals surface area contributed by atoms with Gasteiger partial charge in [0.15, 0.2) is 5.69 Å². The molecule has 4 rings (SSSR count). The topological polar surface area (TPSA) is 87.0 Å². The number of anilines is 1. The fraction of sp³-hybridized carbons (Fsp3) is 0.733. The first-order valence-electron chi connectivity index (χ1n) is 8.11. The molecule has 3 aliphatic rings.